The maximum atomic E-state index is 14.2. The third-order valence-electron chi connectivity index (χ3n) is 8.48. The lowest BCUT2D eigenvalue weighted by Gasteiger charge is -2.28. The summed E-state index contributed by atoms with van der Waals surface area (Å²) in [6, 6.07) is 1.44. The molecule has 1 aliphatic carbocycles. The standard InChI is InChI=1S/C26H33F2N3O4S/c1-15(2)24-25-22(31(26(24)33)36(3,34)35)8-10-30(25)23(32)5-4-9-29-13-16-11-18-19(12-17(16)14-29)21(28)7-6-20(18)27/h4-7,15-17,22,24-25H,8-14H2,1-3H3/b5-4+/t16-,17-,22+,24-,25+/m1/s1. The topological polar surface area (TPSA) is 78.0 Å². The average Bonchev–Trinajstić information content (AvgIpc) is 3.45. The van der Waals surface area contributed by atoms with Crippen molar-refractivity contribution in [1.82, 2.24) is 14.1 Å². The molecule has 0 bridgehead atoms. The van der Waals surface area contributed by atoms with Gasteiger partial charge in [0.25, 0.3) is 0 Å². The van der Waals surface area contributed by atoms with Gasteiger partial charge in [-0.3, -0.25) is 14.5 Å². The van der Waals surface area contributed by atoms with Gasteiger partial charge in [-0.25, -0.2) is 21.5 Å². The summed E-state index contributed by atoms with van der Waals surface area (Å²) in [4.78, 5) is 29.9. The molecule has 4 aliphatic rings. The molecule has 1 aromatic carbocycles. The Hall–Kier alpha value is -2.33. The predicted octanol–water partition coefficient (Wildman–Crippen LogP) is 2.21. The van der Waals surface area contributed by atoms with E-state index in [0.29, 0.717) is 43.5 Å². The normalized spacial score (nSPS) is 30.4. The number of carbonyl (C=O) groups excluding carboxylic acids is 2. The first-order valence-corrected chi connectivity index (χ1v) is 14.5. The molecule has 0 radical (unpaired) electrons. The molecule has 7 nitrogen and oxygen atoms in total. The van der Waals surface area contributed by atoms with Gasteiger partial charge in [0.2, 0.25) is 21.8 Å². The lowest BCUT2D eigenvalue weighted by Crippen LogP contribution is -2.43. The highest BCUT2D eigenvalue weighted by molar-refractivity contribution is 7.88. The fraction of sp³-hybridized carbons (Fsp3) is 0.615. The summed E-state index contributed by atoms with van der Waals surface area (Å²) in [6.07, 6.45) is 5.86. The van der Waals surface area contributed by atoms with Crippen LogP contribution in [0.1, 0.15) is 31.4 Å². The average molecular weight is 522 g/mol. The van der Waals surface area contributed by atoms with E-state index in [2.05, 4.69) is 4.90 Å². The smallest absolute Gasteiger partial charge is 0.246 e. The van der Waals surface area contributed by atoms with Gasteiger partial charge in [-0.1, -0.05) is 19.9 Å². The molecule has 196 valence electrons. The number of amides is 2. The van der Waals surface area contributed by atoms with Gasteiger partial charge in [-0.15, -0.1) is 0 Å². The zero-order chi connectivity index (χ0) is 25.9. The molecule has 3 aliphatic heterocycles. The number of carbonyl (C=O) groups is 2. The molecule has 10 heteroatoms. The summed E-state index contributed by atoms with van der Waals surface area (Å²) in [5.74, 6) is -1.43. The first kappa shape index (κ1) is 25.3. The third kappa shape index (κ3) is 4.26. The number of benzene rings is 1. The van der Waals surface area contributed by atoms with Crippen LogP contribution in [0, 0.1) is 35.3 Å². The van der Waals surface area contributed by atoms with Crippen molar-refractivity contribution in [2.75, 3.05) is 32.4 Å². The van der Waals surface area contributed by atoms with Gasteiger partial charge in [-0.2, -0.15) is 0 Å². The number of hydrogen-bond acceptors (Lipinski definition) is 5. The quantitative estimate of drug-likeness (QED) is 0.556. The largest absolute Gasteiger partial charge is 0.333 e. The number of hydrogen-bond donors (Lipinski definition) is 0. The zero-order valence-corrected chi connectivity index (χ0v) is 21.7. The third-order valence-corrected chi connectivity index (χ3v) is 9.64. The maximum absolute atomic E-state index is 14.2. The molecule has 3 heterocycles. The molecule has 0 N–H and O–H groups in total. The monoisotopic (exact) mass is 521 g/mol. The molecule has 36 heavy (non-hydrogen) atoms. The van der Waals surface area contributed by atoms with E-state index in [1.807, 2.05) is 13.8 Å². The lowest BCUT2D eigenvalue weighted by atomic mass is 9.77. The van der Waals surface area contributed by atoms with Crippen LogP contribution >= 0.6 is 0 Å². The zero-order valence-electron chi connectivity index (χ0n) is 20.9. The SMILES string of the molecule is CC(C)[C@H]1C(=O)N(S(C)(=O)=O)[C@H]2CCN(C(=O)/C=C/CN3C[C@H]4Cc5c(F)ccc(F)c5C[C@@H]4C3)[C@H]12. The highest BCUT2D eigenvalue weighted by Crippen LogP contribution is 2.41. The highest BCUT2D eigenvalue weighted by atomic mass is 32.2. The summed E-state index contributed by atoms with van der Waals surface area (Å²) in [5.41, 5.74) is 1.00. The van der Waals surface area contributed by atoms with E-state index >= 15 is 0 Å². The van der Waals surface area contributed by atoms with Crippen molar-refractivity contribution in [3.63, 3.8) is 0 Å². The number of likely N-dealkylation sites (tertiary alicyclic amines) is 2. The summed E-state index contributed by atoms with van der Waals surface area (Å²) < 4.78 is 54.1. The first-order valence-electron chi connectivity index (χ1n) is 12.7. The van der Waals surface area contributed by atoms with E-state index in [0.717, 1.165) is 23.7 Å². The van der Waals surface area contributed by atoms with Crippen LogP contribution in [0.2, 0.25) is 0 Å². The fourth-order valence-electron chi connectivity index (χ4n) is 6.94. The Morgan fingerprint density at radius 3 is 2.22 bits per heavy atom. The van der Waals surface area contributed by atoms with Gasteiger partial charge in [0, 0.05) is 32.3 Å². The van der Waals surface area contributed by atoms with E-state index in [-0.39, 0.29) is 35.3 Å². The molecular weight excluding hydrogens is 488 g/mol. The number of sulfonamides is 1. The molecular formula is C26H33F2N3O4S. The van der Waals surface area contributed by atoms with E-state index in [1.54, 1.807) is 11.0 Å². The summed E-state index contributed by atoms with van der Waals surface area (Å²) in [7, 11) is -3.71. The van der Waals surface area contributed by atoms with Crippen LogP contribution in [0.25, 0.3) is 0 Å². The van der Waals surface area contributed by atoms with Crippen LogP contribution in [0.15, 0.2) is 24.3 Å². The Morgan fingerprint density at radius 2 is 1.69 bits per heavy atom. The Kier molecular flexibility index (Phi) is 6.47. The number of halogens is 2. The Balaban J connectivity index is 1.23. The molecule has 3 saturated heterocycles. The van der Waals surface area contributed by atoms with Crippen LogP contribution in [0.3, 0.4) is 0 Å². The molecule has 1 aromatic rings. The second-order valence-electron chi connectivity index (χ2n) is 11.1. The van der Waals surface area contributed by atoms with Crippen molar-refractivity contribution in [2.24, 2.45) is 23.7 Å². The molecule has 0 unspecified atom stereocenters. The molecule has 5 atom stereocenters. The summed E-state index contributed by atoms with van der Waals surface area (Å²) in [6.45, 7) is 6.24. The van der Waals surface area contributed by atoms with E-state index in [1.165, 1.54) is 18.2 Å². The van der Waals surface area contributed by atoms with E-state index in [4.69, 9.17) is 0 Å². The van der Waals surface area contributed by atoms with Crippen LogP contribution in [0.5, 0.6) is 0 Å². The van der Waals surface area contributed by atoms with Gasteiger partial charge in [-0.05, 0) is 60.3 Å². The Morgan fingerprint density at radius 1 is 1.11 bits per heavy atom. The number of fused-ring (bicyclic) bond motifs is 3. The van der Waals surface area contributed by atoms with Gasteiger partial charge >= 0.3 is 0 Å². The van der Waals surface area contributed by atoms with Gasteiger partial charge in [0.1, 0.15) is 11.6 Å². The minimum Gasteiger partial charge on any atom is -0.333 e. The predicted molar refractivity (Wildman–Crippen MR) is 130 cm³/mol. The molecule has 5 rings (SSSR count). The molecule has 3 fully saturated rings. The molecule has 0 saturated carbocycles. The minimum atomic E-state index is -3.71. The highest BCUT2D eigenvalue weighted by Gasteiger charge is 2.58. The number of nitrogens with zero attached hydrogens (tertiary/aromatic N) is 3. The Labute approximate surface area is 211 Å². The molecule has 0 aromatic heterocycles. The summed E-state index contributed by atoms with van der Waals surface area (Å²) >= 11 is 0. The van der Waals surface area contributed by atoms with Crippen molar-refractivity contribution in [3.05, 3.63) is 47.0 Å². The molecule has 0 spiro atoms. The van der Waals surface area contributed by atoms with Crippen molar-refractivity contribution in [1.29, 1.82) is 0 Å². The second kappa shape index (κ2) is 9.20. The van der Waals surface area contributed by atoms with Crippen LogP contribution < -0.4 is 0 Å². The minimum absolute atomic E-state index is 0.0964. The van der Waals surface area contributed by atoms with Crippen LogP contribution in [0.4, 0.5) is 8.78 Å². The van der Waals surface area contributed by atoms with Gasteiger partial charge in [0.05, 0.1) is 24.3 Å². The number of rotatable bonds is 5. The fourth-order valence-corrected chi connectivity index (χ4v) is 8.11. The van der Waals surface area contributed by atoms with Crippen LogP contribution in [-0.4, -0.2) is 78.9 Å². The summed E-state index contributed by atoms with van der Waals surface area (Å²) in [5, 5.41) is 0. The van der Waals surface area contributed by atoms with Crippen molar-refractivity contribution < 1.29 is 26.8 Å². The van der Waals surface area contributed by atoms with Crippen molar-refractivity contribution in [3.8, 4) is 0 Å². The van der Waals surface area contributed by atoms with E-state index in [9.17, 15) is 26.8 Å². The van der Waals surface area contributed by atoms with E-state index < -0.39 is 33.9 Å². The maximum Gasteiger partial charge on any atom is 0.246 e. The lowest BCUT2D eigenvalue weighted by molar-refractivity contribution is -0.131. The van der Waals surface area contributed by atoms with Crippen LogP contribution in [-0.2, 0) is 32.5 Å². The second-order valence-corrected chi connectivity index (χ2v) is 12.9. The Bertz CT molecular complexity index is 1180. The van der Waals surface area contributed by atoms with Crippen molar-refractivity contribution >= 4 is 21.8 Å². The van der Waals surface area contributed by atoms with Gasteiger partial charge < -0.3 is 4.90 Å². The first-order chi connectivity index (χ1) is 17.0. The van der Waals surface area contributed by atoms with Crippen molar-refractivity contribution in [2.45, 2.75) is 45.2 Å². The van der Waals surface area contributed by atoms with Gasteiger partial charge in [0.15, 0.2) is 0 Å². The molecule has 2 amide bonds.